The van der Waals surface area contributed by atoms with Crippen LogP contribution in [-0.4, -0.2) is 90.5 Å². The van der Waals surface area contributed by atoms with E-state index in [2.05, 4.69) is 44.9 Å². The highest BCUT2D eigenvalue weighted by molar-refractivity contribution is 5.96. The number of nitrogens with zero attached hydrogens (tertiary/aromatic N) is 6. The van der Waals surface area contributed by atoms with Gasteiger partial charge < -0.3 is 23.7 Å². The maximum absolute atomic E-state index is 6.34. The molecular weight excluding hydrogens is 480 g/mol. The van der Waals surface area contributed by atoms with Crippen molar-refractivity contribution < 1.29 is 14.2 Å². The first-order chi connectivity index (χ1) is 18.6. The summed E-state index contributed by atoms with van der Waals surface area (Å²) < 4.78 is 20.3. The van der Waals surface area contributed by atoms with Crippen molar-refractivity contribution >= 4 is 11.4 Å². The van der Waals surface area contributed by atoms with E-state index in [1.807, 2.05) is 30.3 Å². The molecule has 0 unspecified atom stereocenters. The third kappa shape index (κ3) is 6.11. The molecule has 0 aromatic carbocycles. The van der Waals surface area contributed by atoms with E-state index in [-0.39, 0.29) is 12.4 Å². The van der Waals surface area contributed by atoms with Crippen LogP contribution < -0.4 is 9.64 Å². The minimum absolute atomic E-state index is 0.221. The van der Waals surface area contributed by atoms with Crippen LogP contribution in [0.5, 0.6) is 5.75 Å². The smallest absolute Gasteiger partial charge is 0.175 e. The van der Waals surface area contributed by atoms with Gasteiger partial charge in [0.25, 0.3) is 0 Å². The van der Waals surface area contributed by atoms with Crippen molar-refractivity contribution in [1.82, 2.24) is 19.4 Å². The van der Waals surface area contributed by atoms with Crippen molar-refractivity contribution in [1.29, 1.82) is 0 Å². The number of allylic oxidation sites excluding steroid dienone is 1. The molecule has 1 spiro atoms. The zero-order chi connectivity index (χ0) is 26.0. The Hall–Kier alpha value is -2.75. The van der Waals surface area contributed by atoms with E-state index in [4.69, 9.17) is 19.2 Å². The highest BCUT2D eigenvalue weighted by atomic mass is 16.7. The van der Waals surface area contributed by atoms with Gasteiger partial charge in [-0.05, 0) is 38.2 Å². The Kier molecular flexibility index (Phi) is 7.50. The van der Waals surface area contributed by atoms with E-state index in [1.54, 1.807) is 0 Å². The molecule has 2 saturated heterocycles. The van der Waals surface area contributed by atoms with Crippen LogP contribution in [0.2, 0.25) is 0 Å². The fourth-order valence-corrected chi connectivity index (χ4v) is 5.05. The van der Waals surface area contributed by atoms with Gasteiger partial charge in [0.05, 0.1) is 44.1 Å². The van der Waals surface area contributed by atoms with Crippen molar-refractivity contribution in [3.8, 4) is 17.1 Å². The molecule has 2 saturated carbocycles. The Morgan fingerprint density at radius 1 is 1.16 bits per heavy atom. The molecular formula is C29H40N6O3. The number of rotatable bonds is 10. The second-order valence-corrected chi connectivity index (χ2v) is 11.2. The van der Waals surface area contributed by atoms with Crippen molar-refractivity contribution in [2.24, 2.45) is 10.4 Å². The first-order valence-electron chi connectivity index (χ1n) is 14.1. The SMILES string of the molecule is CC/C=C\C(CN1CCN(c2cnc(-c3cn(CC4OCC5(CC5)CO4)cn3)c(OC3CC3)c2)CC1)=NC. The minimum atomic E-state index is -0.221. The minimum Gasteiger partial charge on any atom is -0.488 e. The Morgan fingerprint density at radius 2 is 1.95 bits per heavy atom. The molecule has 2 aliphatic heterocycles. The molecule has 4 fully saturated rings. The van der Waals surface area contributed by atoms with Crippen LogP contribution in [0.15, 0.2) is 41.9 Å². The van der Waals surface area contributed by atoms with Crippen LogP contribution in [0.4, 0.5) is 5.69 Å². The summed E-state index contributed by atoms with van der Waals surface area (Å²) in [5.74, 6) is 0.823. The lowest BCUT2D eigenvalue weighted by Crippen LogP contribution is -2.47. The topological polar surface area (TPSA) is 77.2 Å². The predicted octanol–water partition coefficient (Wildman–Crippen LogP) is 3.80. The van der Waals surface area contributed by atoms with Gasteiger partial charge in [0.1, 0.15) is 17.1 Å². The standard InChI is InChI=1S/C29H40N6O3/c1-3-4-5-22(30-2)16-33-10-12-35(13-11-33)23-14-26(38-24-6-7-24)28(31-15-23)25-17-34(21-32-25)18-27-36-19-29(8-9-29)20-37-27/h4-5,14-15,17,21,24,27H,3,6-13,16,18-20H2,1-2H3/b5-4-,30-22?. The number of aliphatic imine (C=N–C) groups is 1. The molecule has 0 atom stereocenters. The summed E-state index contributed by atoms with van der Waals surface area (Å²) in [7, 11) is 1.88. The molecule has 9 heteroatoms. The summed E-state index contributed by atoms with van der Waals surface area (Å²) in [6, 6.07) is 2.15. The quantitative estimate of drug-likeness (QED) is 0.441. The fourth-order valence-electron chi connectivity index (χ4n) is 5.05. The molecule has 9 nitrogen and oxygen atoms in total. The van der Waals surface area contributed by atoms with Crippen LogP contribution in [0.1, 0.15) is 39.0 Å². The number of pyridine rings is 1. The van der Waals surface area contributed by atoms with Gasteiger partial charge in [-0.25, -0.2) is 9.97 Å². The molecule has 0 amide bonds. The lowest BCUT2D eigenvalue weighted by Gasteiger charge is -2.36. The van der Waals surface area contributed by atoms with E-state index in [9.17, 15) is 0 Å². The maximum atomic E-state index is 6.34. The molecule has 0 radical (unpaired) electrons. The number of hydrogen-bond acceptors (Lipinski definition) is 8. The zero-order valence-electron chi connectivity index (χ0n) is 22.7. The molecule has 0 bridgehead atoms. The average Bonchev–Trinajstić information content (AvgIpc) is 3.87. The van der Waals surface area contributed by atoms with Gasteiger partial charge in [-0.3, -0.25) is 9.89 Å². The van der Waals surface area contributed by atoms with Crippen molar-refractivity contribution in [2.45, 2.75) is 58.0 Å². The summed E-state index contributed by atoms with van der Waals surface area (Å²) in [5.41, 5.74) is 4.17. The predicted molar refractivity (Wildman–Crippen MR) is 148 cm³/mol. The number of piperazine rings is 1. The van der Waals surface area contributed by atoms with E-state index in [0.717, 1.165) is 93.7 Å². The number of aromatic nitrogens is 3. The number of hydrogen-bond donors (Lipinski definition) is 0. The molecule has 6 rings (SSSR count). The highest BCUT2D eigenvalue weighted by Crippen LogP contribution is 2.48. The third-order valence-electron chi connectivity index (χ3n) is 7.96. The second-order valence-electron chi connectivity index (χ2n) is 11.2. The fraction of sp³-hybridized carbons (Fsp3) is 0.621. The summed E-state index contributed by atoms with van der Waals surface area (Å²) in [6.45, 7) is 9.19. The maximum Gasteiger partial charge on any atom is 0.175 e. The lowest BCUT2D eigenvalue weighted by molar-refractivity contribution is -0.212. The van der Waals surface area contributed by atoms with Gasteiger partial charge in [-0.15, -0.1) is 0 Å². The van der Waals surface area contributed by atoms with Gasteiger partial charge in [0.15, 0.2) is 6.29 Å². The van der Waals surface area contributed by atoms with E-state index < -0.39 is 0 Å². The molecule has 4 heterocycles. The Bertz CT molecular complexity index is 1150. The molecule has 0 N–H and O–H groups in total. The van der Waals surface area contributed by atoms with Crippen LogP contribution in [-0.2, 0) is 16.0 Å². The van der Waals surface area contributed by atoms with E-state index >= 15 is 0 Å². The molecule has 204 valence electrons. The Morgan fingerprint density at radius 3 is 2.63 bits per heavy atom. The largest absolute Gasteiger partial charge is 0.488 e. The van der Waals surface area contributed by atoms with Gasteiger partial charge in [-0.2, -0.15) is 0 Å². The Labute approximate surface area is 225 Å². The molecule has 4 aliphatic rings. The number of anilines is 1. The van der Waals surface area contributed by atoms with Crippen LogP contribution in [0.25, 0.3) is 11.4 Å². The van der Waals surface area contributed by atoms with Crippen LogP contribution in [0, 0.1) is 5.41 Å². The lowest BCUT2D eigenvalue weighted by atomic mass is 10.1. The van der Waals surface area contributed by atoms with Crippen molar-refractivity contribution in [3.63, 3.8) is 0 Å². The first-order valence-corrected chi connectivity index (χ1v) is 14.1. The summed E-state index contributed by atoms with van der Waals surface area (Å²) in [5, 5.41) is 0. The van der Waals surface area contributed by atoms with E-state index in [0.29, 0.717) is 12.0 Å². The highest BCUT2D eigenvalue weighted by Gasteiger charge is 2.46. The molecule has 2 aliphatic carbocycles. The average molecular weight is 521 g/mol. The third-order valence-corrected chi connectivity index (χ3v) is 7.96. The molecule has 2 aromatic heterocycles. The first kappa shape index (κ1) is 25.5. The van der Waals surface area contributed by atoms with Gasteiger partial charge in [-0.1, -0.05) is 13.0 Å². The second kappa shape index (κ2) is 11.2. The number of imidazole rings is 1. The van der Waals surface area contributed by atoms with Crippen molar-refractivity contribution in [3.05, 3.63) is 36.9 Å². The van der Waals surface area contributed by atoms with Gasteiger partial charge >= 0.3 is 0 Å². The Balaban J connectivity index is 1.10. The normalized spacial score (nSPS) is 22.5. The van der Waals surface area contributed by atoms with Crippen LogP contribution in [0.3, 0.4) is 0 Å². The molecule has 38 heavy (non-hydrogen) atoms. The molecule has 2 aromatic rings. The number of ether oxygens (including phenoxy) is 3. The van der Waals surface area contributed by atoms with Crippen molar-refractivity contribution in [2.75, 3.05) is 57.9 Å². The van der Waals surface area contributed by atoms with E-state index in [1.165, 1.54) is 12.8 Å². The van der Waals surface area contributed by atoms with Gasteiger partial charge in [0.2, 0.25) is 0 Å². The summed E-state index contributed by atoms with van der Waals surface area (Å²) in [4.78, 5) is 18.8. The zero-order valence-corrected chi connectivity index (χ0v) is 22.7. The monoisotopic (exact) mass is 520 g/mol. The summed E-state index contributed by atoms with van der Waals surface area (Å²) >= 11 is 0. The summed E-state index contributed by atoms with van der Waals surface area (Å²) in [6.07, 6.45) is 15.9. The van der Waals surface area contributed by atoms with Gasteiger partial charge in [0, 0.05) is 63.2 Å². The van der Waals surface area contributed by atoms with Crippen LogP contribution >= 0.6 is 0 Å².